The minimum absolute atomic E-state index is 0.372. The number of ether oxygens (including phenoxy) is 1. The zero-order valence-electron chi connectivity index (χ0n) is 14.2. The van der Waals surface area contributed by atoms with Crippen molar-refractivity contribution in [3.05, 3.63) is 58.7 Å². The van der Waals surface area contributed by atoms with Crippen molar-refractivity contribution in [3.8, 4) is 5.75 Å². The van der Waals surface area contributed by atoms with Crippen LogP contribution < -0.4 is 15.4 Å². The van der Waals surface area contributed by atoms with Crippen LogP contribution in [0.25, 0.3) is 0 Å². The molecule has 7 heteroatoms. The first kappa shape index (κ1) is 17.0. The Morgan fingerprint density at radius 1 is 1.08 bits per heavy atom. The lowest BCUT2D eigenvalue weighted by atomic mass is 10.1. The van der Waals surface area contributed by atoms with E-state index in [1.807, 2.05) is 18.2 Å². The Balaban J connectivity index is 1.79. The number of nitrogens with one attached hydrogen (secondary N) is 2. The maximum Gasteiger partial charge on any atom is 0.249 e. The molecular formula is C18H18ClN5O. The summed E-state index contributed by atoms with van der Waals surface area (Å²) in [6, 6.07) is 11.4. The Kier molecular flexibility index (Phi) is 5.00. The van der Waals surface area contributed by atoms with Crippen molar-refractivity contribution in [3.63, 3.8) is 0 Å². The number of halogens is 1. The highest BCUT2D eigenvalue weighted by molar-refractivity contribution is 6.32. The molecule has 1 aromatic heterocycles. The fourth-order valence-corrected chi connectivity index (χ4v) is 2.57. The van der Waals surface area contributed by atoms with Crippen LogP contribution in [0.4, 0.5) is 23.1 Å². The van der Waals surface area contributed by atoms with Crippen molar-refractivity contribution in [1.29, 1.82) is 0 Å². The van der Waals surface area contributed by atoms with Crippen molar-refractivity contribution < 1.29 is 4.74 Å². The first-order chi connectivity index (χ1) is 12.1. The van der Waals surface area contributed by atoms with Crippen molar-refractivity contribution in [2.75, 3.05) is 17.7 Å². The fraction of sp³-hybridized carbons (Fsp3) is 0.167. The van der Waals surface area contributed by atoms with Gasteiger partial charge in [-0.25, -0.2) is 0 Å². The highest BCUT2D eigenvalue weighted by atomic mass is 35.5. The van der Waals surface area contributed by atoms with Gasteiger partial charge in [-0.3, -0.25) is 0 Å². The molecule has 3 aromatic rings. The predicted octanol–water partition coefficient (Wildman–Crippen LogP) is 4.64. The quantitative estimate of drug-likeness (QED) is 0.694. The van der Waals surface area contributed by atoms with Crippen molar-refractivity contribution in [1.82, 2.24) is 15.2 Å². The van der Waals surface area contributed by atoms with Gasteiger partial charge in [0.1, 0.15) is 5.75 Å². The second-order valence-electron chi connectivity index (χ2n) is 5.51. The summed E-state index contributed by atoms with van der Waals surface area (Å²) in [6.45, 7) is 4.13. The van der Waals surface area contributed by atoms with E-state index in [4.69, 9.17) is 16.3 Å². The molecule has 0 radical (unpaired) electrons. The van der Waals surface area contributed by atoms with E-state index in [2.05, 4.69) is 45.7 Å². The molecule has 0 saturated carbocycles. The van der Waals surface area contributed by atoms with Gasteiger partial charge >= 0.3 is 0 Å². The molecule has 0 unspecified atom stereocenters. The van der Waals surface area contributed by atoms with Gasteiger partial charge in [0.2, 0.25) is 5.95 Å². The molecule has 0 fully saturated rings. The summed E-state index contributed by atoms with van der Waals surface area (Å²) in [5.74, 6) is 1.58. The Bertz CT molecular complexity index is 900. The molecule has 0 spiro atoms. The number of anilines is 4. The highest BCUT2D eigenvalue weighted by Gasteiger charge is 2.06. The van der Waals surface area contributed by atoms with Crippen LogP contribution in [0.3, 0.4) is 0 Å². The lowest BCUT2D eigenvalue weighted by Crippen LogP contribution is -2.03. The van der Waals surface area contributed by atoms with Gasteiger partial charge in [-0.15, -0.1) is 5.10 Å². The van der Waals surface area contributed by atoms with Gasteiger partial charge in [0.25, 0.3) is 0 Å². The molecule has 25 heavy (non-hydrogen) atoms. The minimum atomic E-state index is 0.372. The molecule has 3 rings (SSSR count). The van der Waals surface area contributed by atoms with E-state index in [9.17, 15) is 0 Å². The summed E-state index contributed by atoms with van der Waals surface area (Å²) >= 11 is 6.13. The Labute approximate surface area is 151 Å². The van der Waals surface area contributed by atoms with Gasteiger partial charge in [-0.1, -0.05) is 23.7 Å². The van der Waals surface area contributed by atoms with Crippen LogP contribution in [0.5, 0.6) is 5.75 Å². The number of nitrogens with zero attached hydrogens (tertiary/aromatic N) is 3. The van der Waals surface area contributed by atoms with Crippen LogP contribution in [0.1, 0.15) is 11.1 Å². The molecule has 0 aliphatic rings. The van der Waals surface area contributed by atoms with Crippen LogP contribution in [-0.4, -0.2) is 22.3 Å². The molecule has 0 aliphatic heterocycles. The van der Waals surface area contributed by atoms with Crippen LogP contribution >= 0.6 is 11.6 Å². The van der Waals surface area contributed by atoms with Crippen LogP contribution in [-0.2, 0) is 0 Å². The zero-order chi connectivity index (χ0) is 17.8. The molecule has 0 bridgehead atoms. The van der Waals surface area contributed by atoms with Gasteiger partial charge < -0.3 is 15.4 Å². The van der Waals surface area contributed by atoms with Crippen LogP contribution in [0.2, 0.25) is 5.02 Å². The molecule has 0 atom stereocenters. The first-order valence-electron chi connectivity index (χ1n) is 7.70. The summed E-state index contributed by atoms with van der Waals surface area (Å²) in [5.41, 5.74) is 4.10. The second-order valence-corrected chi connectivity index (χ2v) is 5.92. The van der Waals surface area contributed by atoms with Crippen molar-refractivity contribution in [2.45, 2.75) is 13.8 Å². The van der Waals surface area contributed by atoms with Crippen molar-refractivity contribution in [2.24, 2.45) is 0 Å². The molecule has 0 amide bonds. The van der Waals surface area contributed by atoms with Crippen LogP contribution in [0.15, 0.2) is 42.6 Å². The SMILES string of the molecule is COc1ccc(Nc2nncc(Nc3cccc(C)c3C)n2)cc1Cl. The smallest absolute Gasteiger partial charge is 0.249 e. The van der Waals surface area contributed by atoms with Gasteiger partial charge in [0, 0.05) is 11.4 Å². The third-order valence-corrected chi connectivity index (χ3v) is 4.13. The maximum atomic E-state index is 6.13. The molecule has 0 aliphatic carbocycles. The average Bonchev–Trinajstić information content (AvgIpc) is 2.60. The number of hydrogen-bond donors (Lipinski definition) is 2. The largest absolute Gasteiger partial charge is 0.495 e. The molecular weight excluding hydrogens is 338 g/mol. The summed E-state index contributed by atoms with van der Waals surface area (Å²) in [4.78, 5) is 4.44. The van der Waals surface area contributed by atoms with Crippen molar-refractivity contribution >= 4 is 34.7 Å². The standard InChI is InChI=1S/C18H18ClN5O/c1-11-5-4-6-15(12(11)2)22-17-10-20-24-18(23-17)21-13-7-8-16(25-3)14(19)9-13/h4-10H,1-3H3,(H2,21,22,23,24). The van der Waals surface area contributed by atoms with E-state index in [0.29, 0.717) is 22.5 Å². The third kappa shape index (κ3) is 3.97. The third-order valence-electron chi connectivity index (χ3n) is 3.83. The summed E-state index contributed by atoms with van der Waals surface area (Å²) in [5, 5.41) is 14.8. The summed E-state index contributed by atoms with van der Waals surface area (Å²) < 4.78 is 5.14. The van der Waals surface area contributed by atoms with Gasteiger partial charge in [-0.05, 0) is 49.2 Å². The predicted molar refractivity (Wildman–Crippen MR) is 100 cm³/mol. The Morgan fingerprint density at radius 3 is 2.68 bits per heavy atom. The van der Waals surface area contributed by atoms with E-state index in [-0.39, 0.29) is 0 Å². The number of benzene rings is 2. The van der Waals surface area contributed by atoms with Gasteiger partial charge in [0.05, 0.1) is 18.3 Å². The average molecular weight is 356 g/mol. The lowest BCUT2D eigenvalue weighted by Gasteiger charge is -2.11. The van der Waals surface area contributed by atoms with Gasteiger partial charge in [0.15, 0.2) is 5.82 Å². The second kappa shape index (κ2) is 7.36. The van der Waals surface area contributed by atoms with E-state index in [1.54, 1.807) is 25.4 Å². The molecule has 1 heterocycles. The fourth-order valence-electron chi connectivity index (χ4n) is 2.31. The summed E-state index contributed by atoms with van der Waals surface area (Å²) in [7, 11) is 1.57. The zero-order valence-corrected chi connectivity index (χ0v) is 14.9. The van der Waals surface area contributed by atoms with E-state index in [1.165, 1.54) is 5.56 Å². The van der Waals surface area contributed by atoms with Gasteiger partial charge in [-0.2, -0.15) is 10.1 Å². The number of aromatic nitrogens is 3. The Hall–Kier alpha value is -2.86. The monoisotopic (exact) mass is 355 g/mol. The minimum Gasteiger partial charge on any atom is -0.495 e. The molecule has 2 aromatic carbocycles. The molecule has 0 saturated heterocycles. The maximum absolute atomic E-state index is 6.13. The first-order valence-corrected chi connectivity index (χ1v) is 8.08. The normalized spacial score (nSPS) is 10.4. The van der Waals surface area contributed by atoms with E-state index in [0.717, 1.165) is 16.9 Å². The topological polar surface area (TPSA) is 72.0 Å². The van der Waals surface area contributed by atoms with Crippen LogP contribution in [0, 0.1) is 13.8 Å². The van der Waals surface area contributed by atoms with E-state index < -0.39 is 0 Å². The number of aryl methyl sites for hydroxylation is 1. The molecule has 6 nitrogen and oxygen atoms in total. The van der Waals surface area contributed by atoms with E-state index >= 15 is 0 Å². The lowest BCUT2D eigenvalue weighted by molar-refractivity contribution is 0.415. The number of rotatable bonds is 5. The highest BCUT2D eigenvalue weighted by Crippen LogP contribution is 2.28. The number of methoxy groups -OCH3 is 1. The molecule has 128 valence electrons. The molecule has 2 N–H and O–H groups in total. The Morgan fingerprint density at radius 2 is 1.92 bits per heavy atom. The number of hydrogen-bond acceptors (Lipinski definition) is 6. The summed E-state index contributed by atoms with van der Waals surface area (Å²) in [6.07, 6.45) is 1.58.